The van der Waals surface area contributed by atoms with Gasteiger partial charge in [0.15, 0.2) is 0 Å². The minimum Gasteiger partial charge on any atom is -0.0990 e. The van der Waals surface area contributed by atoms with Gasteiger partial charge < -0.3 is 0 Å². The summed E-state index contributed by atoms with van der Waals surface area (Å²) in [5.74, 6) is 1.85. The molecule has 2 saturated carbocycles. The third-order valence-electron chi connectivity index (χ3n) is 5.43. The van der Waals surface area contributed by atoms with E-state index in [1.165, 1.54) is 35.6 Å². The predicted octanol–water partition coefficient (Wildman–Crippen LogP) is 5.84. The van der Waals surface area contributed by atoms with Gasteiger partial charge in [-0.3, -0.25) is 0 Å². The lowest BCUT2D eigenvalue weighted by Gasteiger charge is -2.31. The van der Waals surface area contributed by atoms with Gasteiger partial charge in [0.25, 0.3) is 0 Å². The molecule has 0 spiro atoms. The molecule has 0 radical (unpaired) electrons. The van der Waals surface area contributed by atoms with Crippen molar-refractivity contribution in [1.82, 2.24) is 0 Å². The van der Waals surface area contributed by atoms with Crippen LogP contribution in [0.4, 0.5) is 0 Å². The fraction of sp³-hybridized carbons (Fsp3) is 0.400. The van der Waals surface area contributed by atoms with E-state index < -0.39 is 0 Å². The van der Waals surface area contributed by atoms with Gasteiger partial charge in [0, 0.05) is 0 Å². The molecule has 2 aliphatic carbocycles. The second-order valence-corrected chi connectivity index (χ2v) is 6.80. The van der Waals surface area contributed by atoms with Gasteiger partial charge in [-0.25, -0.2) is 0 Å². The lowest BCUT2D eigenvalue weighted by atomic mass is 9.73. The Balaban J connectivity index is 0.000000121. The van der Waals surface area contributed by atoms with Gasteiger partial charge in [0.1, 0.15) is 0 Å². The van der Waals surface area contributed by atoms with Crippen LogP contribution in [0.1, 0.15) is 33.1 Å². The standard InChI is InChI=1S/C10H16.C10H8/c1-7-8-4-5-9(6-8)10(7,2)3;1-2-6-10-8-4-3-7-9(10)5-1/h8-9H,1,4-6H2,2-3H3;1-8H. The Hall–Kier alpha value is -1.56. The summed E-state index contributed by atoms with van der Waals surface area (Å²) < 4.78 is 0. The molecule has 0 heterocycles. The van der Waals surface area contributed by atoms with Crippen LogP contribution in [0.25, 0.3) is 10.8 Å². The second-order valence-electron chi connectivity index (χ2n) is 6.80. The van der Waals surface area contributed by atoms with Crippen molar-refractivity contribution in [2.75, 3.05) is 0 Å². The highest BCUT2D eigenvalue weighted by Crippen LogP contribution is 2.58. The van der Waals surface area contributed by atoms with E-state index in [4.69, 9.17) is 0 Å². The minimum atomic E-state index is 0.475. The van der Waals surface area contributed by atoms with Crippen molar-refractivity contribution >= 4 is 10.8 Å². The Morgan fingerprint density at radius 3 is 1.70 bits per heavy atom. The first-order valence-corrected chi connectivity index (χ1v) is 7.72. The van der Waals surface area contributed by atoms with Gasteiger partial charge in [0.2, 0.25) is 0 Å². The summed E-state index contributed by atoms with van der Waals surface area (Å²) in [6, 6.07) is 16.7. The number of rotatable bonds is 0. The zero-order valence-corrected chi connectivity index (χ0v) is 12.6. The molecule has 0 nitrogen and oxygen atoms in total. The zero-order chi connectivity index (χ0) is 14.2. The fourth-order valence-corrected chi connectivity index (χ4v) is 3.87. The second kappa shape index (κ2) is 5.09. The number of allylic oxidation sites excluding steroid dienone is 1. The molecule has 4 rings (SSSR count). The quantitative estimate of drug-likeness (QED) is 0.524. The van der Waals surface area contributed by atoms with E-state index >= 15 is 0 Å². The first kappa shape index (κ1) is 13.4. The average Bonchev–Trinajstić information content (AvgIpc) is 3.03. The molecule has 2 fully saturated rings. The molecule has 2 aromatic carbocycles. The van der Waals surface area contributed by atoms with Crippen LogP contribution in [0.2, 0.25) is 0 Å². The monoisotopic (exact) mass is 264 g/mol. The predicted molar refractivity (Wildman–Crippen MR) is 87.7 cm³/mol. The normalized spacial score (nSPS) is 26.4. The molecule has 104 valence electrons. The van der Waals surface area contributed by atoms with Crippen molar-refractivity contribution in [3.05, 3.63) is 60.7 Å². The van der Waals surface area contributed by atoms with Crippen molar-refractivity contribution in [3.8, 4) is 0 Å². The summed E-state index contributed by atoms with van der Waals surface area (Å²) in [6.07, 6.45) is 4.31. The molecule has 0 aromatic heterocycles. The highest BCUT2D eigenvalue weighted by molar-refractivity contribution is 5.81. The molecule has 2 aromatic rings. The van der Waals surface area contributed by atoms with Gasteiger partial charge in [-0.05, 0) is 47.3 Å². The van der Waals surface area contributed by atoms with Crippen molar-refractivity contribution in [2.24, 2.45) is 17.3 Å². The van der Waals surface area contributed by atoms with Crippen LogP contribution >= 0.6 is 0 Å². The van der Waals surface area contributed by atoms with E-state index in [0.29, 0.717) is 5.41 Å². The van der Waals surface area contributed by atoms with E-state index in [1.54, 1.807) is 0 Å². The topological polar surface area (TPSA) is 0 Å². The van der Waals surface area contributed by atoms with Gasteiger partial charge in [-0.15, -0.1) is 0 Å². The van der Waals surface area contributed by atoms with Crippen LogP contribution in [0.3, 0.4) is 0 Å². The highest BCUT2D eigenvalue weighted by atomic mass is 14.5. The third-order valence-corrected chi connectivity index (χ3v) is 5.43. The molecular weight excluding hydrogens is 240 g/mol. The first-order chi connectivity index (χ1) is 9.59. The maximum absolute atomic E-state index is 4.19. The third kappa shape index (κ3) is 2.28. The summed E-state index contributed by atoms with van der Waals surface area (Å²) >= 11 is 0. The van der Waals surface area contributed by atoms with E-state index in [1.807, 2.05) is 0 Å². The summed E-state index contributed by atoms with van der Waals surface area (Å²) in [4.78, 5) is 0. The molecule has 0 N–H and O–H groups in total. The maximum atomic E-state index is 4.19. The van der Waals surface area contributed by atoms with Crippen molar-refractivity contribution < 1.29 is 0 Å². The van der Waals surface area contributed by atoms with E-state index in [-0.39, 0.29) is 0 Å². The van der Waals surface area contributed by atoms with E-state index in [0.717, 1.165) is 11.8 Å². The van der Waals surface area contributed by atoms with Crippen LogP contribution < -0.4 is 0 Å². The largest absolute Gasteiger partial charge is 0.0990 e. The van der Waals surface area contributed by atoms with Crippen LogP contribution in [0.5, 0.6) is 0 Å². The average molecular weight is 264 g/mol. The molecule has 2 aliphatic rings. The molecule has 0 aliphatic heterocycles. The van der Waals surface area contributed by atoms with Crippen LogP contribution in [-0.4, -0.2) is 0 Å². The molecule has 0 heteroatoms. The van der Waals surface area contributed by atoms with Gasteiger partial charge in [-0.1, -0.05) is 74.5 Å². The Bertz CT molecular complexity index is 555. The summed E-state index contributed by atoms with van der Waals surface area (Å²) in [6.45, 7) is 8.91. The lowest BCUT2D eigenvalue weighted by Crippen LogP contribution is -2.21. The maximum Gasteiger partial charge on any atom is -0.0116 e. The summed E-state index contributed by atoms with van der Waals surface area (Å²) in [5, 5.41) is 2.62. The van der Waals surface area contributed by atoms with Gasteiger partial charge in [-0.2, -0.15) is 0 Å². The molecule has 2 bridgehead atoms. The number of fused-ring (bicyclic) bond motifs is 3. The molecular formula is C20H24. The molecule has 2 unspecified atom stereocenters. The Labute approximate surface area is 122 Å². The van der Waals surface area contributed by atoms with Crippen molar-refractivity contribution in [3.63, 3.8) is 0 Å². The molecule has 2 atom stereocenters. The molecule has 0 amide bonds. The first-order valence-electron chi connectivity index (χ1n) is 7.72. The zero-order valence-electron chi connectivity index (χ0n) is 12.6. The van der Waals surface area contributed by atoms with Crippen LogP contribution in [0.15, 0.2) is 60.7 Å². The smallest absolute Gasteiger partial charge is 0.0116 e. The van der Waals surface area contributed by atoms with Gasteiger partial charge in [0.05, 0.1) is 0 Å². The number of hydrogen-bond acceptors (Lipinski definition) is 0. The highest BCUT2D eigenvalue weighted by Gasteiger charge is 2.47. The lowest BCUT2D eigenvalue weighted by molar-refractivity contribution is 0.289. The van der Waals surface area contributed by atoms with Crippen molar-refractivity contribution in [1.29, 1.82) is 0 Å². The van der Waals surface area contributed by atoms with Crippen LogP contribution in [-0.2, 0) is 0 Å². The minimum absolute atomic E-state index is 0.475. The Morgan fingerprint density at radius 2 is 1.40 bits per heavy atom. The fourth-order valence-electron chi connectivity index (χ4n) is 3.87. The number of hydrogen-bond donors (Lipinski definition) is 0. The van der Waals surface area contributed by atoms with Crippen molar-refractivity contribution in [2.45, 2.75) is 33.1 Å². The van der Waals surface area contributed by atoms with E-state index in [2.05, 4.69) is 69.0 Å². The van der Waals surface area contributed by atoms with E-state index in [9.17, 15) is 0 Å². The van der Waals surface area contributed by atoms with Crippen LogP contribution in [0, 0.1) is 17.3 Å². The number of benzene rings is 2. The summed E-state index contributed by atoms with van der Waals surface area (Å²) in [5.41, 5.74) is 2.01. The molecule has 0 saturated heterocycles. The summed E-state index contributed by atoms with van der Waals surface area (Å²) in [7, 11) is 0. The Kier molecular flexibility index (Phi) is 3.41. The SMILES string of the molecule is C=C1C2CCC(C2)C1(C)C.c1ccc2ccccc2c1. The molecule has 20 heavy (non-hydrogen) atoms. The van der Waals surface area contributed by atoms with Gasteiger partial charge >= 0.3 is 0 Å². The Morgan fingerprint density at radius 1 is 0.900 bits per heavy atom.